The van der Waals surface area contributed by atoms with Crippen molar-refractivity contribution >= 4 is 0 Å². The summed E-state index contributed by atoms with van der Waals surface area (Å²) in [5, 5.41) is 8.54. The van der Waals surface area contributed by atoms with Crippen LogP contribution in [0.5, 0.6) is 0 Å². The Morgan fingerprint density at radius 3 is 2.21 bits per heavy atom. The zero-order valence-corrected chi connectivity index (χ0v) is 7.30. The van der Waals surface area contributed by atoms with Crippen LogP contribution in [0.3, 0.4) is 0 Å². The number of aliphatic hydroxyl groups excluding tert-OH is 1. The molecule has 0 aromatic heterocycles. The normalized spacial score (nSPS) is 10.9. The van der Waals surface area contributed by atoms with Gasteiger partial charge < -0.3 is 10.6 Å². The van der Waals surface area contributed by atoms with E-state index in [1.54, 1.807) is 0 Å². The van der Waals surface area contributed by atoms with E-state index in [9.17, 15) is 13.2 Å². The molecule has 0 radical (unpaired) electrons. The van der Waals surface area contributed by atoms with Gasteiger partial charge in [0.15, 0.2) is 0 Å². The summed E-state index contributed by atoms with van der Waals surface area (Å²) in [6, 6.07) is 5.26. The average Bonchev–Trinajstić information content (AvgIpc) is 2.04. The van der Waals surface area contributed by atoms with E-state index in [-0.39, 0.29) is 24.1 Å². The van der Waals surface area contributed by atoms with Gasteiger partial charge in [0.25, 0.3) is 0 Å². The van der Waals surface area contributed by atoms with Gasteiger partial charge in [0.05, 0.1) is 5.56 Å². The maximum atomic E-state index is 12.3. The maximum Gasteiger partial charge on any atom is 0.416 e. The molecule has 14 heavy (non-hydrogen) atoms. The minimum absolute atomic E-state index is 0. The van der Waals surface area contributed by atoms with Crippen molar-refractivity contribution in [2.45, 2.75) is 12.6 Å². The second-order valence-electron chi connectivity index (χ2n) is 2.63. The molecule has 2 nitrogen and oxygen atoms in total. The lowest BCUT2D eigenvalue weighted by atomic mass is 10.0. The molecule has 0 spiro atoms. The number of aliphatic hydroxyl groups is 1. The highest BCUT2D eigenvalue weighted by atomic mass is 19.4. The Hall–Kier alpha value is -1.07. The first-order valence-corrected chi connectivity index (χ1v) is 3.81. The predicted molar refractivity (Wildman–Crippen MR) is 45.8 cm³/mol. The van der Waals surface area contributed by atoms with Crippen molar-refractivity contribution in [2.75, 3.05) is 6.61 Å². The number of benzene rings is 1. The van der Waals surface area contributed by atoms with Crippen LogP contribution < -0.4 is 0 Å². The van der Waals surface area contributed by atoms with Gasteiger partial charge in [0, 0.05) is 6.61 Å². The lowest BCUT2D eigenvalue weighted by Gasteiger charge is -2.11. The Bertz CT molecular complexity index is 284. The molecule has 1 rings (SSSR count). The molecule has 0 bridgehead atoms. The van der Waals surface area contributed by atoms with Gasteiger partial charge in [-0.25, -0.2) is 0 Å². The Balaban J connectivity index is 0.00000169. The third-order valence-electron chi connectivity index (χ3n) is 1.70. The lowest BCUT2D eigenvalue weighted by molar-refractivity contribution is -0.138. The molecule has 80 valence electrons. The highest BCUT2D eigenvalue weighted by Gasteiger charge is 2.32. The van der Waals surface area contributed by atoms with Crippen LogP contribution in [-0.4, -0.2) is 17.2 Å². The van der Waals surface area contributed by atoms with Gasteiger partial charge in [0.2, 0.25) is 0 Å². The average molecular weight is 208 g/mol. The van der Waals surface area contributed by atoms with Crippen LogP contribution in [0, 0.1) is 0 Å². The fourth-order valence-electron chi connectivity index (χ4n) is 1.14. The van der Waals surface area contributed by atoms with E-state index in [4.69, 9.17) is 5.11 Å². The zero-order valence-electron chi connectivity index (χ0n) is 7.30. The van der Waals surface area contributed by atoms with E-state index in [0.717, 1.165) is 6.07 Å². The first-order chi connectivity index (χ1) is 6.05. The van der Waals surface area contributed by atoms with Gasteiger partial charge in [-0.15, -0.1) is 0 Å². The predicted octanol–water partition coefficient (Wildman–Crippen LogP) is 1.42. The molecule has 0 amide bonds. The van der Waals surface area contributed by atoms with Crippen molar-refractivity contribution in [2.24, 2.45) is 0 Å². The molecule has 0 aliphatic heterocycles. The Kier molecular flexibility index (Phi) is 4.59. The Morgan fingerprint density at radius 1 is 1.14 bits per heavy atom. The van der Waals surface area contributed by atoms with Crippen molar-refractivity contribution in [1.82, 2.24) is 0 Å². The molecule has 0 atom stereocenters. The minimum Gasteiger partial charge on any atom is -0.412 e. The van der Waals surface area contributed by atoms with Crippen molar-refractivity contribution < 1.29 is 23.8 Å². The largest absolute Gasteiger partial charge is 0.416 e. The first kappa shape index (κ1) is 12.9. The summed E-state index contributed by atoms with van der Waals surface area (Å²) in [6.07, 6.45) is -4.29. The van der Waals surface area contributed by atoms with Crippen LogP contribution >= 0.6 is 0 Å². The van der Waals surface area contributed by atoms with Crippen molar-refractivity contribution in [3.8, 4) is 0 Å². The molecular weight excluding hydrogens is 197 g/mol. The van der Waals surface area contributed by atoms with Crippen molar-refractivity contribution in [3.05, 3.63) is 35.4 Å². The smallest absolute Gasteiger partial charge is 0.412 e. The number of halogens is 3. The molecule has 3 N–H and O–H groups in total. The lowest BCUT2D eigenvalue weighted by Crippen LogP contribution is -2.09. The van der Waals surface area contributed by atoms with Gasteiger partial charge >= 0.3 is 6.18 Å². The van der Waals surface area contributed by atoms with E-state index in [1.165, 1.54) is 18.2 Å². The number of hydrogen-bond donors (Lipinski definition) is 1. The van der Waals surface area contributed by atoms with Gasteiger partial charge in [-0.05, 0) is 18.1 Å². The Morgan fingerprint density at radius 2 is 1.71 bits per heavy atom. The third kappa shape index (κ3) is 3.01. The van der Waals surface area contributed by atoms with E-state index >= 15 is 0 Å². The molecule has 0 heterocycles. The van der Waals surface area contributed by atoms with Crippen LogP contribution in [0.15, 0.2) is 24.3 Å². The van der Waals surface area contributed by atoms with Gasteiger partial charge in [-0.3, -0.25) is 0 Å². The van der Waals surface area contributed by atoms with Gasteiger partial charge in [0.1, 0.15) is 0 Å². The highest BCUT2D eigenvalue weighted by molar-refractivity contribution is 5.29. The minimum atomic E-state index is -4.33. The fraction of sp³-hybridized carbons (Fsp3) is 0.333. The van der Waals surface area contributed by atoms with Crippen LogP contribution in [0.4, 0.5) is 13.2 Å². The number of alkyl halides is 3. The summed E-state index contributed by atoms with van der Waals surface area (Å²) < 4.78 is 36.9. The second-order valence-corrected chi connectivity index (χ2v) is 2.63. The summed E-state index contributed by atoms with van der Waals surface area (Å²) in [5.74, 6) is 0. The highest BCUT2D eigenvalue weighted by Crippen LogP contribution is 2.31. The molecule has 0 saturated carbocycles. The van der Waals surface area contributed by atoms with E-state index in [2.05, 4.69) is 0 Å². The fourth-order valence-corrected chi connectivity index (χ4v) is 1.14. The standard InChI is InChI=1S/C9H9F3O.H2O/c10-9(11,12)8-4-2-1-3-7(8)5-6-13;/h1-4,13H,5-6H2;1H2. The van der Waals surface area contributed by atoms with Gasteiger partial charge in [-0.1, -0.05) is 18.2 Å². The topological polar surface area (TPSA) is 51.7 Å². The molecule has 1 aromatic carbocycles. The summed E-state index contributed by atoms with van der Waals surface area (Å²) in [5.41, 5.74) is -0.526. The molecular formula is C9H11F3O2. The van der Waals surface area contributed by atoms with E-state index < -0.39 is 11.7 Å². The zero-order chi connectivity index (χ0) is 9.90. The molecule has 0 fully saturated rings. The van der Waals surface area contributed by atoms with E-state index in [1.807, 2.05) is 0 Å². The molecule has 0 unspecified atom stereocenters. The monoisotopic (exact) mass is 208 g/mol. The molecule has 0 saturated heterocycles. The quantitative estimate of drug-likeness (QED) is 0.785. The summed E-state index contributed by atoms with van der Waals surface area (Å²) in [6.45, 7) is -0.271. The van der Waals surface area contributed by atoms with Crippen LogP contribution in [0.2, 0.25) is 0 Å². The van der Waals surface area contributed by atoms with Crippen LogP contribution in [-0.2, 0) is 12.6 Å². The van der Waals surface area contributed by atoms with Crippen molar-refractivity contribution in [1.29, 1.82) is 0 Å². The van der Waals surface area contributed by atoms with Gasteiger partial charge in [-0.2, -0.15) is 13.2 Å². The van der Waals surface area contributed by atoms with Crippen molar-refractivity contribution in [3.63, 3.8) is 0 Å². The number of hydrogen-bond acceptors (Lipinski definition) is 1. The number of rotatable bonds is 2. The SMILES string of the molecule is O.OCCc1ccccc1C(F)(F)F. The molecule has 5 heteroatoms. The summed E-state index contributed by atoms with van der Waals surface area (Å²) >= 11 is 0. The van der Waals surface area contributed by atoms with Crippen LogP contribution in [0.25, 0.3) is 0 Å². The molecule has 0 aliphatic rings. The van der Waals surface area contributed by atoms with E-state index in [0.29, 0.717) is 0 Å². The maximum absolute atomic E-state index is 12.3. The molecule has 1 aromatic rings. The summed E-state index contributed by atoms with van der Waals surface area (Å²) in [7, 11) is 0. The summed E-state index contributed by atoms with van der Waals surface area (Å²) in [4.78, 5) is 0. The third-order valence-corrected chi connectivity index (χ3v) is 1.70. The Labute approximate surface area is 79.3 Å². The second kappa shape index (κ2) is 4.97. The van der Waals surface area contributed by atoms with Crippen LogP contribution in [0.1, 0.15) is 11.1 Å². The molecule has 0 aliphatic carbocycles. The first-order valence-electron chi connectivity index (χ1n) is 3.81.